The number of para-hydroxylation sites is 1. The van der Waals surface area contributed by atoms with Crippen molar-refractivity contribution in [1.29, 1.82) is 5.26 Å². The van der Waals surface area contributed by atoms with Crippen molar-refractivity contribution in [3.63, 3.8) is 0 Å². The summed E-state index contributed by atoms with van der Waals surface area (Å²) in [6.45, 7) is 7.43. The van der Waals surface area contributed by atoms with Crippen molar-refractivity contribution >= 4 is 22.5 Å². The molecule has 2 heterocycles. The van der Waals surface area contributed by atoms with Gasteiger partial charge in [-0.25, -0.2) is 0 Å². The topological polar surface area (TPSA) is 99.9 Å². The summed E-state index contributed by atoms with van der Waals surface area (Å²) in [5, 5.41) is 12.5. The number of hydrogen-bond acceptors (Lipinski definition) is 4. The second kappa shape index (κ2) is 8.52. The van der Waals surface area contributed by atoms with E-state index >= 15 is 0 Å². The van der Waals surface area contributed by atoms with Gasteiger partial charge in [0, 0.05) is 36.3 Å². The molecule has 2 N–H and O–H groups in total. The molecule has 0 radical (unpaired) electrons. The van der Waals surface area contributed by atoms with Crippen LogP contribution in [-0.4, -0.2) is 15.5 Å². The number of pyridine rings is 1. The van der Waals surface area contributed by atoms with E-state index in [0.717, 1.165) is 16.9 Å². The molecule has 7 nitrogen and oxygen atoms in total. The normalized spacial score (nSPS) is 10.6. The molecule has 0 aliphatic rings. The zero-order valence-corrected chi connectivity index (χ0v) is 18.5. The zero-order valence-electron chi connectivity index (χ0n) is 18.5. The molecular formula is C26H22N4O3. The van der Waals surface area contributed by atoms with Crippen molar-refractivity contribution in [2.75, 3.05) is 5.32 Å². The molecule has 0 saturated carbocycles. The van der Waals surface area contributed by atoms with Crippen molar-refractivity contribution in [3.05, 3.63) is 88.5 Å². The molecule has 4 rings (SSSR count). The van der Waals surface area contributed by atoms with Crippen molar-refractivity contribution < 1.29 is 9.53 Å². The van der Waals surface area contributed by atoms with Gasteiger partial charge in [0.05, 0.1) is 16.5 Å². The van der Waals surface area contributed by atoms with E-state index in [4.69, 9.17) is 4.74 Å². The van der Waals surface area contributed by atoms with Gasteiger partial charge in [-0.15, -0.1) is 0 Å². The Bertz CT molecular complexity index is 1500. The van der Waals surface area contributed by atoms with Gasteiger partial charge in [0.2, 0.25) is 5.91 Å². The number of benzene rings is 2. The van der Waals surface area contributed by atoms with Gasteiger partial charge in [0.1, 0.15) is 17.6 Å². The number of aryl methyl sites for hydroxylation is 3. The van der Waals surface area contributed by atoms with Gasteiger partial charge in [-0.2, -0.15) is 5.26 Å². The number of carbonyl (C=O) groups excluding carboxylic acids is 1. The van der Waals surface area contributed by atoms with Gasteiger partial charge in [0.15, 0.2) is 0 Å². The van der Waals surface area contributed by atoms with Crippen LogP contribution in [0.3, 0.4) is 0 Å². The third-order valence-electron chi connectivity index (χ3n) is 5.47. The largest absolute Gasteiger partial charge is 0.456 e. The van der Waals surface area contributed by atoms with E-state index in [1.54, 1.807) is 31.4 Å². The predicted octanol–water partition coefficient (Wildman–Crippen LogP) is 4.94. The number of amides is 1. The molecule has 7 heteroatoms. The molecule has 0 aliphatic carbocycles. The second-order valence-electron chi connectivity index (χ2n) is 7.75. The SMILES string of the molecule is C=CC(=O)Nc1ccc(Oc2c(C)cccc2C)c(-c2cn(C)c(=O)c3c(C#N)c[nH]c23)c1. The van der Waals surface area contributed by atoms with E-state index in [0.29, 0.717) is 33.5 Å². The Labute approximate surface area is 190 Å². The monoisotopic (exact) mass is 438 g/mol. The minimum atomic E-state index is -0.346. The van der Waals surface area contributed by atoms with Crippen LogP contribution in [0.15, 0.2) is 66.2 Å². The number of nitriles is 1. The zero-order chi connectivity index (χ0) is 23.7. The number of H-pyrrole nitrogens is 1. The molecule has 2 aromatic carbocycles. The lowest BCUT2D eigenvalue weighted by atomic mass is 10.0. The summed E-state index contributed by atoms with van der Waals surface area (Å²) in [6.07, 6.45) is 4.40. The first-order valence-electron chi connectivity index (χ1n) is 10.3. The minimum Gasteiger partial charge on any atom is -0.456 e. The van der Waals surface area contributed by atoms with E-state index in [9.17, 15) is 14.9 Å². The Kier molecular flexibility index (Phi) is 5.59. The van der Waals surface area contributed by atoms with E-state index in [2.05, 4.69) is 22.9 Å². The molecule has 33 heavy (non-hydrogen) atoms. The van der Waals surface area contributed by atoms with Gasteiger partial charge in [-0.1, -0.05) is 24.8 Å². The molecule has 4 aromatic rings. The number of aromatic amines is 1. The van der Waals surface area contributed by atoms with Gasteiger partial charge in [-0.3, -0.25) is 9.59 Å². The molecule has 0 atom stereocenters. The molecule has 2 aromatic heterocycles. The van der Waals surface area contributed by atoms with Gasteiger partial charge < -0.3 is 19.6 Å². The molecule has 0 saturated heterocycles. The summed E-state index contributed by atoms with van der Waals surface area (Å²) in [4.78, 5) is 27.7. The number of ether oxygens (including phenoxy) is 1. The summed E-state index contributed by atoms with van der Waals surface area (Å²) in [7, 11) is 1.63. The van der Waals surface area contributed by atoms with Gasteiger partial charge >= 0.3 is 0 Å². The fraction of sp³-hybridized carbons (Fsp3) is 0.115. The predicted molar refractivity (Wildman–Crippen MR) is 129 cm³/mol. The van der Waals surface area contributed by atoms with Crippen LogP contribution in [0.1, 0.15) is 16.7 Å². The maximum absolute atomic E-state index is 12.8. The number of fused-ring (bicyclic) bond motifs is 1. The molecule has 0 spiro atoms. The van der Waals surface area contributed by atoms with E-state index in [-0.39, 0.29) is 17.0 Å². The highest BCUT2D eigenvalue weighted by Crippen LogP contribution is 2.40. The van der Waals surface area contributed by atoms with Crippen LogP contribution < -0.4 is 15.6 Å². The Morgan fingerprint density at radius 2 is 1.94 bits per heavy atom. The van der Waals surface area contributed by atoms with Crippen molar-refractivity contribution in [3.8, 4) is 28.7 Å². The van der Waals surface area contributed by atoms with Gasteiger partial charge in [0.25, 0.3) is 5.56 Å². The van der Waals surface area contributed by atoms with Crippen LogP contribution in [0.5, 0.6) is 11.5 Å². The lowest BCUT2D eigenvalue weighted by molar-refractivity contribution is -0.111. The number of rotatable bonds is 5. The van der Waals surface area contributed by atoms with Crippen molar-refractivity contribution in [1.82, 2.24) is 9.55 Å². The molecule has 0 bridgehead atoms. The van der Waals surface area contributed by atoms with E-state index < -0.39 is 0 Å². The molecular weight excluding hydrogens is 416 g/mol. The summed E-state index contributed by atoms with van der Waals surface area (Å²) >= 11 is 0. The lowest BCUT2D eigenvalue weighted by Gasteiger charge is -2.17. The number of nitrogens with one attached hydrogen (secondary N) is 2. The maximum atomic E-state index is 12.8. The summed E-state index contributed by atoms with van der Waals surface area (Å²) in [5.41, 5.74) is 4.30. The van der Waals surface area contributed by atoms with Crippen molar-refractivity contribution in [2.24, 2.45) is 7.05 Å². The van der Waals surface area contributed by atoms with Gasteiger partial charge in [-0.05, 0) is 49.2 Å². The average molecular weight is 438 g/mol. The second-order valence-corrected chi connectivity index (χ2v) is 7.75. The Hall–Kier alpha value is -4.57. The first-order chi connectivity index (χ1) is 15.8. The lowest BCUT2D eigenvalue weighted by Crippen LogP contribution is -2.17. The van der Waals surface area contributed by atoms with Crippen LogP contribution in [0.2, 0.25) is 0 Å². The summed E-state index contributed by atoms with van der Waals surface area (Å²) < 4.78 is 7.80. The number of aromatic nitrogens is 2. The molecule has 1 amide bonds. The first-order valence-corrected chi connectivity index (χ1v) is 10.3. The third kappa shape index (κ3) is 3.90. The molecule has 0 unspecified atom stereocenters. The quantitative estimate of drug-likeness (QED) is 0.431. The number of hydrogen-bond donors (Lipinski definition) is 2. The smallest absolute Gasteiger partial charge is 0.261 e. The highest BCUT2D eigenvalue weighted by molar-refractivity contribution is 6.01. The molecule has 0 fully saturated rings. The van der Waals surface area contributed by atoms with E-state index in [1.807, 2.05) is 32.0 Å². The van der Waals surface area contributed by atoms with Crippen LogP contribution in [0, 0.1) is 25.2 Å². The first kappa shape index (κ1) is 21.7. The molecule has 0 aliphatic heterocycles. The van der Waals surface area contributed by atoms with Crippen LogP contribution in [-0.2, 0) is 11.8 Å². The fourth-order valence-corrected chi connectivity index (χ4v) is 3.81. The summed E-state index contributed by atoms with van der Waals surface area (Å²) in [6, 6.07) is 13.2. The van der Waals surface area contributed by atoms with E-state index in [1.165, 1.54) is 16.8 Å². The highest BCUT2D eigenvalue weighted by atomic mass is 16.5. The van der Waals surface area contributed by atoms with Crippen LogP contribution >= 0.6 is 0 Å². The average Bonchev–Trinajstić information content (AvgIpc) is 3.24. The van der Waals surface area contributed by atoms with Crippen molar-refractivity contribution in [2.45, 2.75) is 13.8 Å². The highest BCUT2D eigenvalue weighted by Gasteiger charge is 2.19. The van der Waals surface area contributed by atoms with Crippen LogP contribution in [0.4, 0.5) is 5.69 Å². The molecule has 164 valence electrons. The number of nitrogens with zero attached hydrogens (tertiary/aromatic N) is 2. The third-order valence-corrected chi connectivity index (χ3v) is 5.47. The fourth-order valence-electron chi connectivity index (χ4n) is 3.81. The Balaban J connectivity index is 1.99. The minimum absolute atomic E-state index is 0.265. The Morgan fingerprint density at radius 3 is 2.61 bits per heavy atom. The summed E-state index contributed by atoms with van der Waals surface area (Å²) in [5.74, 6) is 0.922. The van der Waals surface area contributed by atoms with Crippen LogP contribution in [0.25, 0.3) is 22.0 Å². The standard InChI is InChI=1S/C26H22N4O3/c1-5-22(31)29-18-9-10-21(33-25-15(2)7-6-8-16(25)3)19(11-18)20-14-30(4)26(32)23-17(12-27)13-28-24(20)23/h5-11,13-14,28H,1H2,2-4H3,(H,29,31). The number of carbonyl (C=O) groups is 1. The number of anilines is 1. The Morgan fingerprint density at radius 1 is 1.21 bits per heavy atom. The maximum Gasteiger partial charge on any atom is 0.261 e.